The molecule has 0 aliphatic carbocycles. The second-order valence-corrected chi connectivity index (χ2v) is 8.18. The number of nitrogens with two attached hydrogens (primary N) is 2. The summed E-state index contributed by atoms with van der Waals surface area (Å²) in [6.45, 7) is 0.000841. The summed E-state index contributed by atoms with van der Waals surface area (Å²) in [7, 11) is 0. The highest BCUT2D eigenvalue weighted by Crippen LogP contribution is 2.14. The normalized spacial score (nSPS) is 10.7. The average Bonchev–Trinajstić information content (AvgIpc) is 2.78. The van der Waals surface area contributed by atoms with Crippen molar-refractivity contribution in [3.8, 4) is 0 Å². The largest absolute Gasteiger partial charge is 0.370 e. The van der Waals surface area contributed by atoms with E-state index in [0.29, 0.717) is 0 Å². The lowest BCUT2D eigenvalue weighted by Gasteiger charge is -2.18. The van der Waals surface area contributed by atoms with Gasteiger partial charge in [0.25, 0.3) is 0 Å². The highest BCUT2D eigenvalue weighted by Gasteiger charge is 2.12. The van der Waals surface area contributed by atoms with E-state index in [1.807, 2.05) is 0 Å². The van der Waals surface area contributed by atoms with Crippen LogP contribution in [-0.4, -0.2) is 24.5 Å². The molecule has 0 bridgehead atoms. The fourth-order valence-electron chi connectivity index (χ4n) is 3.81. The quantitative estimate of drug-likeness (QED) is 0.226. The van der Waals surface area contributed by atoms with Crippen LogP contribution in [-0.2, 0) is 17.6 Å². The van der Waals surface area contributed by atoms with Gasteiger partial charge in [-0.25, -0.2) is 4.99 Å². The summed E-state index contributed by atoms with van der Waals surface area (Å²) in [4.78, 5) is 16.0. The Labute approximate surface area is 187 Å². The van der Waals surface area contributed by atoms with Gasteiger partial charge >= 0.3 is 0 Å². The number of hydrogen-bond acceptors (Lipinski definition) is 2. The van der Waals surface area contributed by atoms with E-state index >= 15 is 0 Å². The second-order valence-electron chi connectivity index (χ2n) is 8.18. The van der Waals surface area contributed by atoms with Crippen molar-refractivity contribution in [1.82, 2.24) is 5.32 Å². The maximum Gasteiger partial charge on any atom is 0.242 e. The molecule has 0 heterocycles. The summed E-state index contributed by atoms with van der Waals surface area (Å²) in [5, 5.41) is 3.13. The molecule has 31 heavy (non-hydrogen) atoms. The van der Waals surface area contributed by atoms with Crippen LogP contribution in [0.2, 0.25) is 0 Å². The minimum Gasteiger partial charge on any atom is -0.370 e. The number of guanidine groups is 1. The van der Waals surface area contributed by atoms with E-state index in [1.165, 1.54) is 36.8 Å². The van der Waals surface area contributed by atoms with Gasteiger partial charge in [0, 0.05) is 6.04 Å². The number of nitrogens with one attached hydrogen (secondary N) is 1. The number of nitrogens with zero attached hydrogens (tertiary/aromatic N) is 1. The molecule has 2 rings (SSSR count). The van der Waals surface area contributed by atoms with E-state index in [1.54, 1.807) is 0 Å². The number of aryl methyl sites for hydroxylation is 2. The highest BCUT2D eigenvalue weighted by atomic mass is 16.1. The van der Waals surface area contributed by atoms with Gasteiger partial charge in [-0.1, -0.05) is 86.3 Å². The van der Waals surface area contributed by atoms with Crippen LogP contribution in [0.3, 0.4) is 0 Å². The van der Waals surface area contributed by atoms with E-state index in [-0.39, 0.29) is 24.5 Å². The third-order valence-corrected chi connectivity index (χ3v) is 5.49. The lowest BCUT2D eigenvalue weighted by atomic mass is 9.99. The Bertz CT molecular complexity index is 708. The molecule has 0 aliphatic rings. The zero-order chi connectivity index (χ0) is 22.2. The zero-order valence-corrected chi connectivity index (χ0v) is 18.6. The molecule has 0 aliphatic heterocycles. The molecule has 168 valence electrons. The Morgan fingerprint density at radius 3 is 1.68 bits per heavy atom. The summed E-state index contributed by atoms with van der Waals surface area (Å²) in [5.74, 6) is -0.152. The first-order valence-electron chi connectivity index (χ1n) is 11.6. The molecule has 2 aromatic carbocycles. The van der Waals surface area contributed by atoms with Crippen molar-refractivity contribution in [2.75, 3.05) is 6.54 Å². The van der Waals surface area contributed by atoms with Crippen molar-refractivity contribution in [2.45, 2.75) is 70.3 Å². The van der Waals surface area contributed by atoms with Gasteiger partial charge in [0.05, 0.1) is 0 Å². The summed E-state index contributed by atoms with van der Waals surface area (Å²) < 4.78 is 0. The number of carbonyl (C=O) groups is 1. The molecule has 0 radical (unpaired) electrons. The molecular formula is C26H38N4O. The van der Waals surface area contributed by atoms with E-state index in [4.69, 9.17) is 11.5 Å². The van der Waals surface area contributed by atoms with Crippen molar-refractivity contribution >= 4 is 11.9 Å². The van der Waals surface area contributed by atoms with E-state index < -0.39 is 0 Å². The summed E-state index contributed by atoms with van der Waals surface area (Å²) in [6, 6.07) is 21.4. The Morgan fingerprint density at radius 1 is 0.742 bits per heavy atom. The van der Waals surface area contributed by atoms with Gasteiger partial charge in [-0.2, -0.15) is 0 Å². The van der Waals surface area contributed by atoms with Crippen molar-refractivity contribution in [1.29, 1.82) is 0 Å². The summed E-state index contributed by atoms with van der Waals surface area (Å²) in [6.07, 6.45) is 11.2. The summed E-state index contributed by atoms with van der Waals surface area (Å²) >= 11 is 0. The molecule has 1 amide bonds. The van der Waals surface area contributed by atoms with E-state index in [0.717, 1.165) is 38.5 Å². The van der Waals surface area contributed by atoms with Gasteiger partial charge in [-0.3, -0.25) is 4.79 Å². The first kappa shape index (κ1) is 24.4. The van der Waals surface area contributed by atoms with Crippen LogP contribution in [0, 0.1) is 0 Å². The van der Waals surface area contributed by atoms with Crippen molar-refractivity contribution in [3.63, 3.8) is 0 Å². The van der Waals surface area contributed by atoms with Crippen LogP contribution in [0.1, 0.15) is 62.5 Å². The number of benzene rings is 2. The monoisotopic (exact) mass is 422 g/mol. The van der Waals surface area contributed by atoms with Crippen LogP contribution in [0.4, 0.5) is 0 Å². The van der Waals surface area contributed by atoms with Crippen LogP contribution < -0.4 is 16.8 Å². The molecule has 0 saturated carbocycles. The lowest BCUT2D eigenvalue weighted by Crippen LogP contribution is -2.37. The summed E-state index contributed by atoms with van der Waals surface area (Å²) in [5.41, 5.74) is 13.5. The Morgan fingerprint density at radius 2 is 1.23 bits per heavy atom. The van der Waals surface area contributed by atoms with Gasteiger partial charge in [0.1, 0.15) is 6.54 Å². The fraction of sp³-hybridized carbons (Fsp3) is 0.462. The van der Waals surface area contributed by atoms with Crippen molar-refractivity contribution in [3.05, 3.63) is 71.8 Å². The van der Waals surface area contributed by atoms with Gasteiger partial charge in [0.2, 0.25) is 5.91 Å². The molecule has 0 spiro atoms. The van der Waals surface area contributed by atoms with E-state index in [9.17, 15) is 4.79 Å². The minimum atomic E-state index is -0.105. The molecule has 5 N–H and O–H groups in total. The highest BCUT2D eigenvalue weighted by molar-refractivity contribution is 5.83. The van der Waals surface area contributed by atoms with Gasteiger partial charge < -0.3 is 16.8 Å². The Kier molecular flexibility index (Phi) is 11.9. The van der Waals surface area contributed by atoms with Crippen LogP contribution in [0.15, 0.2) is 65.7 Å². The molecule has 5 nitrogen and oxygen atoms in total. The minimum absolute atomic E-state index is 0.000841. The van der Waals surface area contributed by atoms with Gasteiger partial charge in [0.15, 0.2) is 5.96 Å². The fourth-order valence-corrected chi connectivity index (χ4v) is 3.81. The van der Waals surface area contributed by atoms with Crippen LogP contribution in [0.5, 0.6) is 0 Å². The molecule has 0 atom stereocenters. The third-order valence-electron chi connectivity index (χ3n) is 5.49. The average molecular weight is 423 g/mol. The maximum atomic E-state index is 12.2. The second kappa shape index (κ2) is 15.1. The zero-order valence-electron chi connectivity index (χ0n) is 18.6. The first-order valence-corrected chi connectivity index (χ1v) is 11.6. The van der Waals surface area contributed by atoms with E-state index in [2.05, 4.69) is 71.0 Å². The first-order chi connectivity index (χ1) is 15.1. The topological polar surface area (TPSA) is 93.5 Å². The number of carbonyl (C=O) groups excluding carboxylic acids is 1. The number of unbranched alkanes of at least 4 members (excludes halogenated alkanes) is 4. The lowest BCUT2D eigenvalue weighted by molar-refractivity contribution is -0.120. The molecule has 0 aromatic heterocycles. The van der Waals surface area contributed by atoms with Crippen molar-refractivity contribution < 1.29 is 4.79 Å². The molecular weight excluding hydrogens is 384 g/mol. The number of aliphatic imine (C=N–C) groups is 1. The predicted octanol–water partition coefficient (Wildman–Crippen LogP) is 4.35. The number of hydrogen-bond donors (Lipinski definition) is 3. The standard InChI is InChI=1S/C26H38N4O/c27-26(28)29-21-25(31)30-24(19-11-3-9-17-22-13-5-1-6-14-22)20-12-4-10-18-23-15-7-2-8-16-23/h1-2,5-8,13-16,24H,3-4,9-12,17-21H2,(H,30,31)(H4,27,28,29). The molecule has 5 heteroatoms. The number of rotatable bonds is 15. The number of amides is 1. The smallest absolute Gasteiger partial charge is 0.242 e. The van der Waals surface area contributed by atoms with Crippen LogP contribution in [0.25, 0.3) is 0 Å². The molecule has 0 saturated heterocycles. The van der Waals surface area contributed by atoms with Crippen LogP contribution >= 0.6 is 0 Å². The third kappa shape index (κ3) is 11.8. The maximum absolute atomic E-state index is 12.2. The molecule has 0 fully saturated rings. The van der Waals surface area contributed by atoms with Crippen molar-refractivity contribution in [2.24, 2.45) is 16.5 Å². The Hall–Kier alpha value is -2.82. The predicted molar refractivity (Wildman–Crippen MR) is 130 cm³/mol. The van der Waals surface area contributed by atoms with Gasteiger partial charge in [-0.05, 0) is 49.7 Å². The molecule has 2 aromatic rings. The Balaban J connectivity index is 1.68. The SMILES string of the molecule is NC(N)=NCC(=O)NC(CCCCCc1ccccc1)CCCCCc1ccccc1. The molecule has 0 unspecified atom stereocenters. The van der Waals surface area contributed by atoms with Gasteiger partial charge in [-0.15, -0.1) is 0 Å².